The Labute approximate surface area is 116 Å². The van der Waals surface area contributed by atoms with Crippen molar-refractivity contribution in [3.63, 3.8) is 0 Å². The van der Waals surface area contributed by atoms with Gasteiger partial charge in [-0.3, -0.25) is 9.69 Å². The van der Waals surface area contributed by atoms with Gasteiger partial charge in [0.2, 0.25) is 5.13 Å². The SMILES string of the molecule is CC1=C(C)C(Cl)N(c2nnc(C(C)(C)C)s2)C1=O. The highest BCUT2D eigenvalue weighted by Gasteiger charge is 2.37. The minimum Gasteiger partial charge on any atom is -0.269 e. The van der Waals surface area contributed by atoms with E-state index in [0.717, 1.165) is 10.6 Å². The molecule has 0 saturated carbocycles. The van der Waals surface area contributed by atoms with Gasteiger partial charge >= 0.3 is 0 Å². The average molecular weight is 286 g/mol. The molecular formula is C12H16ClN3OS. The molecule has 0 radical (unpaired) electrons. The number of hydrogen-bond donors (Lipinski definition) is 0. The quantitative estimate of drug-likeness (QED) is 0.588. The molecule has 0 bridgehead atoms. The standard InChI is InChI=1S/C12H16ClN3OS/c1-6-7(2)9(17)16(8(6)13)11-15-14-10(18-11)12(3,4)5/h8H,1-5H3. The number of hydrogen-bond acceptors (Lipinski definition) is 4. The predicted octanol–water partition coefficient (Wildman–Crippen LogP) is 3.08. The molecule has 2 heterocycles. The van der Waals surface area contributed by atoms with Gasteiger partial charge in [-0.25, -0.2) is 0 Å². The lowest BCUT2D eigenvalue weighted by atomic mass is 9.98. The number of carbonyl (C=O) groups is 1. The van der Waals surface area contributed by atoms with Crippen LogP contribution in [-0.4, -0.2) is 21.6 Å². The normalized spacial score (nSPS) is 21.1. The molecule has 6 heteroatoms. The Bertz CT molecular complexity index is 530. The maximum absolute atomic E-state index is 12.1. The van der Waals surface area contributed by atoms with Gasteiger partial charge in [0.05, 0.1) is 0 Å². The fourth-order valence-electron chi connectivity index (χ4n) is 1.62. The van der Waals surface area contributed by atoms with Crippen molar-refractivity contribution in [2.75, 3.05) is 4.90 Å². The summed E-state index contributed by atoms with van der Waals surface area (Å²) in [5.74, 6) is -0.0795. The summed E-state index contributed by atoms with van der Waals surface area (Å²) in [5.41, 5.74) is 1.06. The van der Waals surface area contributed by atoms with E-state index >= 15 is 0 Å². The summed E-state index contributed by atoms with van der Waals surface area (Å²) < 4.78 is 0. The van der Waals surface area contributed by atoms with Gasteiger partial charge in [0, 0.05) is 11.0 Å². The molecule has 1 aliphatic heterocycles. The molecule has 0 aromatic carbocycles. The lowest BCUT2D eigenvalue weighted by Crippen LogP contribution is -2.31. The second-order valence-electron chi connectivity index (χ2n) is 5.46. The highest BCUT2D eigenvalue weighted by atomic mass is 35.5. The zero-order chi connectivity index (χ0) is 13.7. The molecule has 1 aromatic heterocycles. The maximum Gasteiger partial charge on any atom is 0.257 e. The molecule has 4 nitrogen and oxygen atoms in total. The van der Waals surface area contributed by atoms with Crippen molar-refractivity contribution in [3.8, 4) is 0 Å². The van der Waals surface area contributed by atoms with Crippen LogP contribution < -0.4 is 4.90 Å². The Kier molecular flexibility index (Phi) is 3.23. The van der Waals surface area contributed by atoms with Gasteiger partial charge in [0.15, 0.2) is 0 Å². The predicted molar refractivity (Wildman–Crippen MR) is 74.1 cm³/mol. The van der Waals surface area contributed by atoms with Crippen LogP contribution in [0, 0.1) is 0 Å². The van der Waals surface area contributed by atoms with Gasteiger partial charge in [-0.1, -0.05) is 43.7 Å². The fourth-order valence-corrected chi connectivity index (χ4v) is 2.96. The summed E-state index contributed by atoms with van der Waals surface area (Å²) >= 11 is 7.68. The molecule has 1 aromatic rings. The van der Waals surface area contributed by atoms with Crippen LogP contribution in [-0.2, 0) is 10.2 Å². The first-order valence-corrected chi connectivity index (χ1v) is 6.97. The van der Waals surface area contributed by atoms with Crippen molar-refractivity contribution in [2.45, 2.75) is 45.5 Å². The zero-order valence-electron chi connectivity index (χ0n) is 11.1. The van der Waals surface area contributed by atoms with E-state index in [1.54, 1.807) is 6.92 Å². The van der Waals surface area contributed by atoms with E-state index in [4.69, 9.17) is 11.6 Å². The van der Waals surface area contributed by atoms with Crippen molar-refractivity contribution in [2.24, 2.45) is 0 Å². The highest BCUT2D eigenvalue weighted by Crippen LogP contribution is 2.36. The zero-order valence-corrected chi connectivity index (χ0v) is 12.7. The molecule has 0 N–H and O–H groups in total. The van der Waals surface area contributed by atoms with E-state index in [1.165, 1.54) is 16.2 Å². The largest absolute Gasteiger partial charge is 0.269 e. The van der Waals surface area contributed by atoms with Crippen LogP contribution in [0.2, 0.25) is 0 Å². The Hall–Kier alpha value is -0.940. The minimum atomic E-state index is -0.446. The average Bonchev–Trinajstić information content (AvgIpc) is 2.81. The van der Waals surface area contributed by atoms with E-state index in [0.29, 0.717) is 10.7 Å². The van der Waals surface area contributed by atoms with Crippen molar-refractivity contribution in [1.82, 2.24) is 10.2 Å². The maximum atomic E-state index is 12.1. The third-order valence-electron chi connectivity index (χ3n) is 2.98. The molecule has 0 fully saturated rings. The second kappa shape index (κ2) is 4.31. The number of carbonyl (C=O) groups excluding carboxylic acids is 1. The second-order valence-corrected chi connectivity index (χ2v) is 6.83. The van der Waals surface area contributed by atoms with Crippen LogP contribution in [0.3, 0.4) is 0 Å². The lowest BCUT2D eigenvalue weighted by Gasteiger charge is -2.17. The molecule has 0 aliphatic carbocycles. The molecule has 1 aliphatic rings. The van der Waals surface area contributed by atoms with Crippen LogP contribution >= 0.6 is 22.9 Å². The number of anilines is 1. The smallest absolute Gasteiger partial charge is 0.257 e. The van der Waals surface area contributed by atoms with Crippen molar-refractivity contribution >= 4 is 34.0 Å². The first kappa shape index (κ1) is 13.5. The van der Waals surface area contributed by atoms with Gasteiger partial charge in [0.25, 0.3) is 5.91 Å². The first-order valence-electron chi connectivity index (χ1n) is 5.72. The molecule has 98 valence electrons. The van der Waals surface area contributed by atoms with Gasteiger partial charge < -0.3 is 0 Å². The summed E-state index contributed by atoms with van der Waals surface area (Å²) in [6.45, 7) is 9.86. The Morgan fingerprint density at radius 2 is 1.89 bits per heavy atom. The first-order chi connectivity index (χ1) is 8.23. The van der Waals surface area contributed by atoms with Crippen LogP contribution in [0.5, 0.6) is 0 Å². The summed E-state index contributed by atoms with van der Waals surface area (Å²) in [5, 5.41) is 9.72. The van der Waals surface area contributed by atoms with Gasteiger partial charge in [-0.2, -0.15) is 0 Å². The summed E-state index contributed by atoms with van der Waals surface area (Å²) in [6, 6.07) is 0. The summed E-state index contributed by atoms with van der Waals surface area (Å²) in [7, 11) is 0. The molecule has 18 heavy (non-hydrogen) atoms. The highest BCUT2D eigenvalue weighted by molar-refractivity contribution is 7.15. The van der Waals surface area contributed by atoms with Crippen molar-refractivity contribution < 1.29 is 4.79 Å². The molecule has 1 unspecified atom stereocenters. The number of amides is 1. The molecule has 2 rings (SSSR count). The number of alkyl halides is 1. The van der Waals surface area contributed by atoms with E-state index in [1.807, 2.05) is 6.92 Å². The monoisotopic (exact) mass is 285 g/mol. The van der Waals surface area contributed by atoms with Gasteiger partial charge in [-0.05, 0) is 19.4 Å². The van der Waals surface area contributed by atoms with E-state index < -0.39 is 5.50 Å². The summed E-state index contributed by atoms with van der Waals surface area (Å²) in [4.78, 5) is 13.6. The van der Waals surface area contributed by atoms with Crippen molar-refractivity contribution in [3.05, 3.63) is 16.2 Å². The van der Waals surface area contributed by atoms with E-state index in [-0.39, 0.29) is 11.3 Å². The molecule has 1 amide bonds. The van der Waals surface area contributed by atoms with Crippen molar-refractivity contribution in [1.29, 1.82) is 0 Å². The molecular weight excluding hydrogens is 270 g/mol. The lowest BCUT2D eigenvalue weighted by molar-refractivity contribution is -0.114. The van der Waals surface area contributed by atoms with E-state index in [9.17, 15) is 4.79 Å². The van der Waals surface area contributed by atoms with Gasteiger partial charge in [0.1, 0.15) is 10.5 Å². The Balaban J connectivity index is 2.35. The van der Waals surface area contributed by atoms with Crippen LogP contribution in [0.1, 0.15) is 39.6 Å². The fraction of sp³-hybridized carbons (Fsp3) is 0.583. The third kappa shape index (κ3) is 2.06. The van der Waals surface area contributed by atoms with Crippen LogP contribution in [0.4, 0.5) is 5.13 Å². The molecule has 1 atom stereocenters. The minimum absolute atomic E-state index is 0.0714. The van der Waals surface area contributed by atoms with Crippen LogP contribution in [0.25, 0.3) is 0 Å². The third-order valence-corrected chi connectivity index (χ3v) is 4.85. The number of rotatable bonds is 1. The topological polar surface area (TPSA) is 46.1 Å². The van der Waals surface area contributed by atoms with Gasteiger partial charge in [-0.15, -0.1) is 10.2 Å². The molecule has 0 spiro atoms. The molecule has 0 saturated heterocycles. The number of aromatic nitrogens is 2. The Morgan fingerprint density at radius 1 is 1.28 bits per heavy atom. The number of nitrogens with zero attached hydrogens (tertiary/aromatic N) is 3. The summed E-state index contributed by atoms with van der Waals surface area (Å²) in [6.07, 6.45) is 0. The number of halogens is 1. The Morgan fingerprint density at radius 3 is 2.28 bits per heavy atom. The van der Waals surface area contributed by atoms with Crippen LogP contribution in [0.15, 0.2) is 11.1 Å². The van der Waals surface area contributed by atoms with E-state index in [2.05, 4.69) is 31.0 Å².